The summed E-state index contributed by atoms with van der Waals surface area (Å²) in [5.41, 5.74) is 0.518. The van der Waals surface area contributed by atoms with Gasteiger partial charge >= 0.3 is 5.97 Å². The Hall–Kier alpha value is -3.02. The van der Waals surface area contributed by atoms with Crippen molar-refractivity contribution in [3.63, 3.8) is 0 Å². The van der Waals surface area contributed by atoms with Gasteiger partial charge in [0.05, 0.1) is 12.6 Å². The standard InChI is InChI=1S/C19H16FNO4/c1-2-25-19(24)15-16(13-10-6-7-11-14(13)20)21(18(23)17(15)22)12-8-4-3-5-9-12/h3-11,15-16H,2H2,1H3/t15-,16-/m1/s1. The van der Waals surface area contributed by atoms with E-state index in [-0.39, 0.29) is 12.2 Å². The lowest BCUT2D eigenvalue weighted by Crippen LogP contribution is -2.31. The molecule has 1 saturated heterocycles. The second-order valence-electron chi connectivity index (χ2n) is 5.57. The number of Topliss-reactive ketones (excluding diaryl/α,β-unsaturated/α-hetero) is 1. The van der Waals surface area contributed by atoms with Crippen LogP contribution in [-0.4, -0.2) is 24.3 Å². The molecular formula is C19H16FNO4. The first-order valence-corrected chi connectivity index (χ1v) is 7.89. The fraction of sp³-hybridized carbons (Fsp3) is 0.211. The molecule has 0 radical (unpaired) electrons. The van der Waals surface area contributed by atoms with Gasteiger partial charge in [0.15, 0.2) is 0 Å². The normalized spacial score (nSPS) is 20.0. The molecule has 25 heavy (non-hydrogen) atoms. The van der Waals surface area contributed by atoms with Crippen molar-refractivity contribution >= 4 is 23.3 Å². The number of carbonyl (C=O) groups excluding carboxylic acids is 3. The maximum absolute atomic E-state index is 14.4. The minimum Gasteiger partial charge on any atom is -0.465 e. The molecule has 0 N–H and O–H groups in total. The number of ketones is 1. The first-order chi connectivity index (χ1) is 12.1. The topological polar surface area (TPSA) is 63.7 Å². The number of halogens is 1. The number of anilines is 1. The summed E-state index contributed by atoms with van der Waals surface area (Å²) in [7, 11) is 0. The van der Waals surface area contributed by atoms with Crippen LogP contribution >= 0.6 is 0 Å². The molecule has 1 fully saturated rings. The van der Waals surface area contributed by atoms with Crippen LogP contribution in [0, 0.1) is 11.7 Å². The van der Waals surface area contributed by atoms with E-state index in [1.165, 1.54) is 23.1 Å². The number of rotatable bonds is 4. The zero-order chi connectivity index (χ0) is 18.0. The van der Waals surface area contributed by atoms with Crippen molar-refractivity contribution in [2.75, 3.05) is 11.5 Å². The van der Waals surface area contributed by atoms with Gasteiger partial charge in [-0.15, -0.1) is 0 Å². The second-order valence-corrected chi connectivity index (χ2v) is 5.57. The quantitative estimate of drug-likeness (QED) is 0.487. The molecule has 128 valence electrons. The highest BCUT2D eigenvalue weighted by molar-refractivity contribution is 6.47. The molecule has 1 aliphatic rings. The molecule has 2 atom stereocenters. The van der Waals surface area contributed by atoms with Crippen LogP contribution in [0.15, 0.2) is 54.6 Å². The van der Waals surface area contributed by atoms with Crippen molar-refractivity contribution in [2.24, 2.45) is 5.92 Å². The number of ether oxygens (including phenoxy) is 1. The van der Waals surface area contributed by atoms with E-state index in [1.54, 1.807) is 43.3 Å². The van der Waals surface area contributed by atoms with Crippen LogP contribution < -0.4 is 4.90 Å². The molecule has 1 aliphatic heterocycles. The van der Waals surface area contributed by atoms with E-state index in [0.717, 1.165) is 0 Å². The summed E-state index contributed by atoms with van der Waals surface area (Å²) in [6.07, 6.45) is 0. The SMILES string of the molecule is CCOC(=O)[C@H]1C(=O)C(=O)N(c2ccccc2)[C@@H]1c1ccccc1F. The highest BCUT2D eigenvalue weighted by Gasteiger charge is 2.53. The fourth-order valence-corrected chi connectivity index (χ4v) is 3.04. The zero-order valence-corrected chi connectivity index (χ0v) is 13.5. The van der Waals surface area contributed by atoms with Gasteiger partial charge in [-0.1, -0.05) is 36.4 Å². The van der Waals surface area contributed by atoms with E-state index in [9.17, 15) is 18.8 Å². The van der Waals surface area contributed by atoms with Crippen LogP contribution in [-0.2, 0) is 19.1 Å². The van der Waals surface area contributed by atoms with Gasteiger partial charge in [0.2, 0.25) is 5.78 Å². The molecule has 3 rings (SSSR count). The fourth-order valence-electron chi connectivity index (χ4n) is 3.04. The summed E-state index contributed by atoms with van der Waals surface area (Å²) in [6.45, 7) is 1.67. The van der Waals surface area contributed by atoms with Gasteiger partial charge in [-0.3, -0.25) is 19.3 Å². The molecule has 0 bridgehead atoms. The van der Waals surface area contributed by atoms with E-state index in [0.29, 0.717) is 5.69 Å². The Kier molecular flexibility index (Phi) is 4.61. The molecule has 0 spiro atoms. The third-order valence-electron chi connectivity index (χ3n) is 4.10. The van der Waals surface area contributed by atoms with Gasteiger partial charge in [0.1, 0.15) is 11.7 Å². The Bertz CT molecular complexity index is 821. The molecule has 0 aliphatic carbocycles. The lowest BCUT2D eigenvalue weighted by molar-refractivity contribution is -0.152. The van der Waals surface area contributed by atoms with E-state index in [4.69, 9.17) is 4.74 Å². The Balaban J connectivity index is 2.16. The smallest absolute Gasteiger partial charge is 0.319 e. The van der Waals surface area contributed by atoms with Gasteiger partial charge in [-0.05, 0) is 25.1 Å². The van der Waals surface area contributed by atoms with Gasteiger partial charge < -0.3 is 4.74 Å². The summed E-state index contributed by atoms with van der Waals surface area (Å²) >= 11 is 0. The minimum atomic E-state index is -1.40. The maximum Gasteiger partial charge on any atom is 0.319 e. The first kappa shape index (κ1) is 16.8. The molecule has 1 amide bonds. The first-order valence-electron chi connectivity index (χ1n) is 7.89. The number of nitrogens with zero attached hydrogens (tertiary/aromatic N) is 1. The number of benzene rings is 2. The van der Waals surface area contributed by atoms with Crippen molar-refractivity contribution < 1.29 is 23.5 Å². The highest BCUT2D eigenvalue weighted by atomic mass is 19.1. The van der Waals surface area contributed by atoms with Crippen LogP contribution in [0.25, 0.3) is 0 Å². The average molecular weight is 341 g/mol. The summed E-state index contributed by atoms with van der Waals surface area (Å²) in [5, 5.41) is 0. The molecule has 0 aromatic heterocycles. The Morgan fingerprint density at radius 1 is 1.08 bits per heavy atom. The largest absolute Gasteiger partial charge is 0.465 e. The van der Waals surface area contributed by atoms with Gasteiger partial charge in [0, 0.05) is 11.3 Å². The van der Waals surface area contributed by atoms with Gasteiger partial charge in [-0.25, -0.2) is 4.39 Å². The Morgan fingerprint density at radius 2 is 1.72 bits per heavy atom. The molecule has 2 aromatic rings. The van der Waals surface area contributed by atoms with Crippen LogP contribution in [0.2, 0.25) is 0 Å². The lowest BCUT2D eigenvalue weighted by atomic mass is 9.92. The van der Waals surface area contributed by atoms with Crippen molar-refractivity contribution in [2.45, 2.75) is 13.0 Å². The molecule has 6 heteroatoms. The number of carbonyl (C=O) groups is 3. The van der Waals surface area contributed by atoms with Crippen LogP contribution in [0.1, 0.15) is 18.5 Å². The van der Waals surface area contributed by atoms with Crippen molar-refractivity contribution in [1.29, 1.82) is 0 Å². The monoisotopic (exact) mass is 341 g/mol. The van der Waals surface area contributed by atoms with Crippen molar-refractivity contribution in [3.8, 4) is 0 Å². The number of para-hydroxylation sites is 1. The van der Waals surface area contributed by atoms with E-state index >= 15 is 0 Å². The third kappa shape index (κ3) is 2.91. The Morgan fingerprint density at radius 3 is 2.36 bits per heavy atom. The lowest BCUT2D eigenvalue weighted by Gasteiger charge is -2.27. The summed E-state index contributed by atoms with van der Waals surface area (Å²) in [4.78, 5) is 38.5. The van der Waals surface area contributed by atoms with Gasteiger partial charge in [0.25, 0.3) is 5.91 Å². The van der Waals surface area contributed by atoms with E-state index in [2.05, 4.69) is 0 Å². The predicted molar refractivity (Wildman–Crippen MR) is 88.2 cm³/mol. The minimum absolute atomic E-state index is 0.0616. The van der Waals surface area contributed by atoms with Crippen LogP contribution in [0.5, 0.6) is 0 Å². The maximum atomic E-state index is 14.4. The molecule has 0 unspecified atom stereocenters. The molecule has 2 aromatic carbocycles. The second kappa shape index (κ2) is 6.84. The van der Waals surface area contributed by atoms with Crippen molar-refractivity contribution in [1.82, 2.24) is 0 Å². The van der Waals surface area contributed by atoms with Crippen LogP contribution in [0.3, 0.4) is 0 Å². The highest BCUT2D eigenvalue weighted by Crippen LogP contribution is 2.41. The molecule has 5 nitrogen and oxygen atoms in total. The summed E-state index contributed by atoms with van der Waals surface area (Å²) in [5.74, 6) is -4.56. The number of esters is 1. The van der Waals surface area contributed by atoms with Gasteiger partial charge in [-0.2, -0.15) is 0 Å². The molecular weight excluding hydrogens is 325 g/mol. The third-order valence-corrected chi connectivity index (χ3v) is 4.10. The predicted octanol–water partition coefficient (Wildman–Crippen LogP) is 2.66. The molecule has 1 heterocycles. The zero-order valence-electron chi connectivity index (χ0n) is 13.5. The summed E-state index contributed by atoms with van der Waals surface area (Å²) in [6, 6.07) is 13.1. The number of hydrogen-bond acceptors (Lipinski definition) is 4. The number of hydrogen-bond donors (Lipinski definition) is 0. The summed E-state index contributed by atoms with van der Waals surface area (Å²) < 4.78 is 19.4. The molecule has 0 saturated carbocycles. The van der Waals surface area contributed by atoms with E-state index in [1.807, 2.05) is 0 Å². The Labute approximate surface area is 144 Å². The van der Waals surface area contributed by atoms with E-state index < -0.39 is 35.4 Å². The van der Waals surface area contributed by atoms with Crippen molar-refractivity contribution in [3.05, 3.63) is 66.0 Å². The van der Waals surface area contributed by atoms with Crippen LogP contribution in [0.4, 0.5) is 10.1 Å². The number of amides is 1. The average Bonchev–Trinajstić information content (AvgIpc) is 2.88.